The fourth-order valence-electron chi connectivity index (χ4n) is 4.15. The summed E-state index contributed by atoms with van der Waals surface area (Å²) in [6, 6.07) is 11.2. The van der Waals surface area contributed by atoms with Crippen LogP contribution >= 0.6 is 0 Å². The van der Waals surface area contributed by atoms with Gasteiger partial charge in [-0.15, -0.1) is 0 Å². The Hall–Kier alpha value is -3.40. The molecular formula is C21H20N6O. The Morgan fingerprint density at radius 1 is 1.14 bits per heavy atom. The molecule has 1 aliphatic heterocycles. The van der Waals surface area contributed by atoms with Crippen LogP contribution in [0.15, 0.2) is 42.9 Å². The molecule has 0 bridgehead atoms. The lowest BCUT2D eigenvalue weighted by Gasteiger charge is -2.25. The van der Waals surface area contributed by atoms with E-state index in [9.17, 15) is 10.1 Å². The number of aromatic nitrogens is 3. The van der Waals surface area contributed by atoms with Crippen molar-refractivity contribution in [2.75, 3.05) is 31.1 Å². The van der Waals surface area contributed by atoms with E-state index in [-0.39, 0.29) is 11.3 Å². The van der Waals surface area contributed by atoms with Crippen LogP contribution in [0.4, 0.5) is 5.82 Å². The minimum atomic E-state index is -0.0558. The summed E-state index contributed by atoms with van der Waals surface area (Å²) in [5, 5.41) is 10.4. The first-order valence-electron chi connectivity index (χ1n) is 9.51. The van der Waals surface area contributed by atoms with Crippen molar-refractivity contribution in [3.05, 3.63) is 54.0 Å². The topological polar surface area (TPSA) is 88.9 Å². The van der Waals surface area contributed by atoms with Gasteiger partial charge < -0.3 is 14.8 Å². The third kappa shape index (κ3) is 2.78. The number of amides is 1. The Balaban J connectivity index is 1.45. The minimum Gasteiger partial charge on any atom is -0.354 e. The molecule has 1 spiro atoms. The summed E-state index contributed by atoms with van der Waals surface area (Å²) < 4.78 is 0. The molecule has 7 nitrogen and oxygen atoms in total. The first kappa shape index (κ1) is 16.8. The van der Waals surface area contributed by atoms with Crippen LogP contribution in [0, 0.1) is 16.7 Å². The Labute approximate surface area is 162 Å². The highest BCUT2D eigenvalue weighted by Gasteiger charge is 2.48. The molecule has 1 N–H and O–H groups in total. The van der Waals surface area contributed by atoms with Crippen molar-refractivity contribution in [3.8, 4) is 6.07 Å². The number of nitriles is 1. The summed E-state index contributed by atoms with van der Waals surface area (Å²) in [6.45, 7) is 2.92. The molecule has 1 saturated heterocycles. The summed E-state index contributed by atoms with van der Waals surface area (Å²) in [7, 11) is 0. The number of nitrogens with one attached hydrogen (secondary N) is 1. The quantitative estimate of drug-likeness (QED) is 0.747. The van der Waals surface area contributed by atoms with Gasteiger partial charge in [-0.05, 0) is 31.0 Å². The van der Waals surface area contributed by atoms with Crippen molar-refractivity contribution in [2.45, 2.75) is 12.8 Å². The van der Waals surface area contributed by atoms with E-state index in [1.807, 2.05) is 23.2 Å². The van der Waals surface area contributed by atoms with E-state index in [4.69, 9.17) is 0 Å². The molecule has 28 heavy (non-hydrogen) atoms. The number of hydrogen-bond donors (Lipinski definition) is 1. The van der Waals surface area contributed by atoms with Gasteiger partial charge >= 0.3 is 0 Å². The number of H-pyrrole nitrogens is 1. The van der Waals surface area contributed by atoms with Crippen molar-refractivity contribution in [2.24, 2.45) is 5.41 Å². The molecule has 1 amide bonds. The third-order valence-electron chi connectivity index (χ3n) is 5.85. The SMILES string of the molecule is N#Cc1ccccc1C(=O)N1CCN(c2ncnc3[nH]ccc23)CC2(CC2)C1. The van der Waals surface area contributed by atoms with E-state index in [2.05, 4.69) is 25.9 Å². The molecule has 2 aromatic heterocycles. The van der Waals surface area contributed by atoms with Crippen molar-refractivity contribution in [3.63, 3.8) is 0 Å². The highest BCUT2D eigenvalue weighted by molar-refractivity contribution is 5.96. The van der Waals surface area contributed by atoms with Crippen molar-refractivity contribution < 1.29 is 4.79 Å². The standard InChI is InChI=1S/C21H20N6O/c22-11-15-3-1-2-4-16(15)20(28)27-10-9-26(12-21(13-27)6-7-21)19-17-5-8-23-18(17)24-14-25-19/h1-5,8,14H,6-7,9-10,12-13H2,(H,23,24,25). The average molecular weight is 372 g/mol. The molecule has 3 aromatic rings. The molecule has 2 aliphatic rings. The average Bonchev–Trinajstić information content (AvgIpc) is 3.37. The van der Waals surface area contributed by atoms with Gasteiger partial charge in [-0.3, -0.25) is 4.79 Å². The zero-order chi connectivity index (χ0) is 19.1. The largest absolute Gasteiger partial charge is 0.354 e. The summed E-state index contributed by atoms with van der Waals surface area (Å²) >= 11 is 0. The fraction of sp³-hybridized carbons (Fsp3) is 0.333. The van der Waals surface area contributed by atoms with E-state index in [0.717, 1.165) is 42.8 Å². The van der Waals surface area contributed by atoms with Gasteiger partial charge in [-0.2, -0.15) is 5.26 Å². The van der Waals surface area contributed by atoms with Crippen LogP contribution in [0.1, 0.15) is 28.8 Å². The molecule has 1 aliphatic carbocycles. The van der Waals surface area contributed by atoms with Crippen molar-refractivity contribution in [1.29, 1.82) is 5.26 Å². The zero-order valence-corrected chi connectivity index (χ0v) is 15.4. The Morgan fingerprint density at radius 2 is 2.00 bits per heavy atom. The van der Waals surface area contributed by atoms with E-state index >= 15 is 0 Å². The van der Waals surface area contributed by atoms with Crippen LogP contribution < -0.4 is 4.90 Å². The smallest absolute Gasteiger partial charge is 0.255 e. The number of rotatable bonds is 2. The van der Waals surface area contributed by atoms with Crippen LogP contribution in [-0.2, 0) is 0 Å². The van der Waals surface area contributed by atoms with Crippen LogP contribution in [0.5, 0.6) is 0 Å². The number of hydrogen-bond acceptors (Lipinski definition) is 5. The van der Waals surface area contributed by atoms with Gasteiger partial charge in [-0.1, -0.05) is 12.1 Å². The van der Waals surface area contributed by atoms with Gasteiger partial charge in [0.15, 0.2) is 0 Å². The van der Waals surface area contributed by atoms with Gasteiger partial charge in [0, 0.05) is 37.8 Å². The Bertz CT molecular complexity index is 1090. The van der Waals surface area contributed by atoms with Gasteiger partial charge in [0.2, 0.25) is 0 Å². The molecule has 1 saturated carbocycles. The maximum atomic E-state index is 13.2. The van der Waals surface area contributed by atoms with E-state index in [1.54, 1.807) is 24.5 Å². The second-order valence-electron chi connectivity index (χ2n) is 7.74. The molecule has 140 valence electrons. The first-order chi connectivity index (χ1) is 13.7. The molecule has 0 radical (unpaired) electrons. The molecule has 1 aromatic carbocycles. The normalized spacial score (nSPS) is 18.1. The lowest BCUT2D eigenvalue weighted by molar-refractivity contribution is 0.0740. The minimum absolute atomic E-state index is 0.0558. The van der Waals surface area contributed by atoms with E-state index in [0.29, 0.717) is 24.2 Å². The lowest BCUT2D eigenvalue weighted by Crippen LogP contribution is -2.37. The second-order valence-corrected chi connectivity index (χ2v) is 7.74. The van der Waals surface area contributed by atoms with Gasteiger partial charge in [-0.25, -0.2) is 9.97 Å². The number of aromatic amines is 1. The Kier molecular flexibility index (Phi) is 3.79. The third-order valence-corrected chi connectivity index (χ3v) is 5.85. The maximum absolute atomic E-state index is 13.2. The van der Waals surface area contributed by atoms with E-state index in [1.165, 1.54) is 0 Å². The van der Waals surface area contributed by atoms with Crippen LogP contribution in [0.25, 0.3) is 11.0 Å². The highest BCUT2D eigenvalue weighted by Crippen LogP contribution is 2.48. The highest BCUT2D eigenvalue weighted by atomic mass is 16.2. The van der Waals surface area contributed by atoms with Crippen molar-refractivity contribution in [1.82, 2.24) is 19.9 Å². The van der Waals surface area contributed by atoms with Gasteiger partial charge in [0.25, 0.3) is 5.91 Å². The Morgan fingerprint density at radius 3 is 2.82 bits per heavy atom. The first-order valence-corrected chi connectivity index (χ1v) is 9.51. The molecule has 3 heterocycles. The molecule has 7 heteroatoms. The predicted molar refractivity (Wildman–Crippen MR) is 105 cm³/mol. The zero-order valence-electron chi connectivity index (χ0n) is 15.4. The molecular weight excluding hydrogens is 352 g/mol. The number of fused-ring (bicyclic) bond motifs is 1. The molecule has 0 unspecified atom stereocenters. The summed E-state index contributed by atoms with van der Waals surface area (Å²) in [5.41, 5.74) is 1.86. The molecule has 5 rings (SSSR count). The molecule has 0 atom stereocenters. The number of carbonyl (C=O) groups excluding carboxylic acids is 1. The monoisotopic (exact) mass is 372 g/mol. The number of nitrogens with zero attached hydrogens (tertiary/aromatic N) is 5. The predicted octanol–water partition coefficient (Wildman–Crippen LogP) is 2.57. The summed E-state index contributed by atoms with van der Waals surface area (Å²) in [5.74, 6) is 0.865. The lowest BCUT2D eigenvalue weighted by atomic mass is 10.0. The fourth-order valence-corrected chi connectivity index (χ4v) is 4.15. The number of anilines is 1. The van der Waals surface area contributed by atoms with Crippen LogP contribution in [-0.4, -0.2) is 51.9 Å². The number of benzene rings is 1. The van der Waals surface area contributed by atoms with Crippen LogP contribution in [0.3, 0.4) is 0 Å². The summed E-state index contributed by atoms with van der Waals surface area (Å²) in [4.78, 5) is 29.4. The van der Waals surface area contributed by atoms with Gasteiger partial charge in [0.05, 0.1) is 22.6 Å². The second kappa shape index (κ2) is 6.34. The van der Waals surface area contributed by atoms with Crippen molar-refractivity contribution >= 4 is 22.8 Å². The summed E-state index contributed by atoms with van der Waals surface area (Å²) in [6.07, 6.45) is 5.68. The number of carbonyl (C=O) groups is 1. The van der Waals surface area contributed by atoms with Crippen LogP contribution in [0.2, 0.25) is 0 Å². The molecule has 2 fully saturated rings. The maximum Gasteiger partial charge on any atom is 0.255 e. The van der Waals surface area contributed by atoms with Gasteiger partial charge in [0.1, 0.15) is 17.8 Å². The van der Waals surface area contributed by atoms with E-state index < -0.39 is 0 Å².